The molecule has 0 amide bonds. The highest BCUT2D eigenvalue weighted by molar-refractivity contribution is 9.10. The lowest BCUT2D eigenvalue weighted by Crippen LogP contribution is -2.52. The average molecular weight is 362 g/mol. The minimum Gasteiger partial charge on any atom is -0.369 e. The Labute approximate surface area is 128 Å². The highest BCUT2D eigenvalue weighted by Crippen LogP contribution is 2.36. The third kappa shape index (κ3) is 3.15. The van der Waals surface area contributed by atoms with Crippen LogP contribution in [-0.2, 0) is 10.0 Å². The van der Waals surface area contributed by atoms with Crippen molar-refractivity contribution in [2.24, 2.45) is 0 Å². The number of halogens is 1. The van der Waals surface area contributed by atoms with Gasteiger partial charge in [0.1, 0.15) is 10.7 Å². The molecule has 0 spiro atoms. The van der Waals surface area contributed by atoms with E-state index in [1.165, 1.54) is 0 Å². The molecule has 1 saturated carbocycles. The molecule has 2 N–H and O–H groups in total. The Morgan fingerprint density at radius 1 is 1.40 bits per heavy atom. The van der Waals surface area contributed by atoms with Crippen LogP contribution in [-0.4, -0.2) is 25.5 Å². The van der Waals surface area contributed by atoms with Crippen LogP contribution in [0, 0.1) is 0 Å². The van der Waals surface area contributed by atoms with Gasteiger partial charge in [-0.05, 0) is 54.6 Å². The summed E-state index contributed by atoms with van der Waals surface area (Å²) in [5.41, 5.74) is -0.273. The molecule has 1 heterocycles. The summed E-state index contributed by atoms with van der Waals surface area (Å²) in [5.74, 6) is 0.397. The van der Waals surface area contributed by atoms with Gasteiger partial charge in [-0.2, -0.15) is 0 Å². The SMILES string of the molecule is CCNc1ncc(Br)cc1S(=O)(=O)NC1(CC)CCC1. The minimum atomic E-state index is -3.57. The van der Waals surface area contributed by atoms with Gasteiger partial charge in [0, 0.05) is 22.8 Å². The van der Waals surface area contributed by atoms with E-state index in [4.69, 9.17) is 0 Å². The zero-order valence-electron chi connectivity index (χ0n) is 11.7. The van der Waals surface area contributed by atoms with E-state index in [2.05, 4.69) is 31.0 Å². The molecule has 0 atom stereocenters. The van der Waals surface area contributed by atoms with Crippen LogP contribution < -0.4 is 10.0 Å². The first kappa shape index (κ1) is 15.7. The minimum absolute atomic E-state index is 0.202. The van der Waals surface area contributed by atoms with Crippen molar-refractivity contribution in [2.45, 2.75) is 50.0 Å². The van der Waals surface area contributed by atoms with Crippen LogP contribution in [0.25, 0.3) is 0 Å². The number of nitrogens with zero attached hydrogens (tertiary/aromatic N) is 1. The third-order valence-corrected chi connectivity index (χ3v) is 5.82. The summed E-state index contributed by atoms with van der Waals surface area (Å²) in [5, 5.41) is 3.00. The van der Waals surface area contributed by atoms with Crippen LogP contribution in [0.5, 0.6) is 0 Å². The van der Waals surface area contributed by atoms with E-state index in [0.717, 1.165) is 25.7 Å². The largest absolute Gasteiger partial charge is 0.369 e. The number of pyridine rings is 1. The number of sulfonamides is 1. The van der Waals surface area contributed by atoms with Crippen LogP contribution in [0.4, 0.5) is 5.82 Å². The smallest absolute Gasteiger partial charge is 0.244 e. The van der Waals surface area contributed by atoms with E-state index in [-0.39, 0.29) is 10.4 Å². The van der Waals surface area contributed by atoms with Crippen LogP contribution in [0.3, 0.4) is 0 Å². The number of aromatic nitrogens is 1. The summed E-state index contributed by atoms with van der Waals surface area (Å²) in [6, 6.07) is 1.59. The predicted octanol–water partition coefficient (Wildman–Crippen LogP) is 2.89. The lowest BCUT2D eigenvalue weighted by molar-refractivity contribution is 0.214. The quantitative estimate of drug-likeness (QED) is 0.816. The Hall–Kier alpha value is -0.660. The summed E-state index contributed by atoms with van der Waals surface area (Å²) in [6.07, 6.45) is 5.29. The Balaban J connectivity index is 2.35. The van der Waals surface area contributed by atoms with Crippen LogP contribution in [0.15, 0.2) is 21.6 Å². The molecule has 0 saturated heterocycles. The van der Waals surface area contributed by atoms with Crippen molar-refractivity contribution in [1.82, 2.24) is 9.71 Å². The summed E-state index contributed by atoms with van der Waals surface area (Å²) in [6.45, 7) is 4.55. The molecule has 0 unspecified atom stereocenters. The van der Waals surface area contributed by atoms with Crippen molar-refractivity contribution in [1.29, 1.82) is 0 Å². The maximum absolute atomic E-state index is 12.6. The van der Waals surface area contributed by atoms with Gasteiger partial charge in [0.2, 0.25) is 10.0 Å². The van der Waals surface area contributed by atoms with Gasteiger partial charge in [0.25, 0.3) is 0 Å². The molecule has 0 bridgehead atoms. The van der Waals surface area contributed by atoms with Crippen molar-refractivity contribution < 1.29 is 8.42 Å². The maximum atomic E-state index is 12.6. The molecule has 2 rings (SSSR count). The fourth-order valence-electron chi connectivity index (χ4n) is 2.40. The maximum Gasteiger partial charge on any atom is 0.244 e. The van der Waals surface area contributed by atoms with Gasteiger partial charge in [-0.25, -0.2) is 18.1 Å². The Morgan fingerprint density at radius 3 is 2.60 bits per heavy atom. The molecule has 1 aromatic heterocycles. The fourth-order valence-corrected chi connectivity index (χ4v) is 4.57. The molecule has 0 radical (unpaired) electrons. The van der Waals surface area contributed by atoms with Crippen LogP contribution in [0.1, 0.15) is 39.5 Å². The topological polar surface area (TPSA) is 71.1 Å². The van der Waals surface area contributed by atoms with Crippen molar-refractivity contribution >= 4 is 31.8 Å². The number of anilines is 1. The molecule has 1 aliphatic rings. The van der Waals surface area contributed by atoms with Gasteiger partial charge in [0.15, 0.2) is 0 Å². The van der Waals surface area contributed by atoms with Crippen molar-refractivity contribution in [3.8, 4) is 0 Å². The summed E-state index contributed by atoms with van der Waals surface area (Å²) in [7, 11) is -3.57. The molecular formula is C13H20BrN3O2S. The van der Waals surface area contributed by atoms with E-state index in [9.17, 15) is 8.42 Å². The number of nitrogens with one attached hydrogen (secondary N) is 2. The van der Waals surface area contributed by atoms with Gasteiger partial charge >= 0.3 is 0 Å². The molecule has 0 aromatic carbocycles. The highest BCUT2D eigenvalue weighted by Gasteiger charge is 2.39. The Morgan fingerprint density at radius 2 is 2.10 bits per heavy atom. The van der Waals surface area contributed by atoms with Crippen molar-refractivity contribution in [3.05, 3.63) is 16.7 Å². The molecule has 1 aromatic rings. The van der Waals surface area contributed by atoms with E-state index in [0.29, 0.717) is 16.8 Å². The first-order chi connectivity index (χ1) is 9.42. The van der Waals surface area contributed by atoms with Gasteiger partial charge in [0.05, 0.1) is 0 Å². The molecular weight excluding hydrogens is 342 g/mol. The number of rotatable bonds is 6. The molecule has 112 valence electrons. The van der Waals surface area contributed by atoms with Gasteiger partial charge in [-0.15, -0.1) is 0 Å². The van der Waals surface area contributed by atoms with Crippen LogP contribution in [0.2, 0.25) is 0 Å². The summed E-state index contributed by atoms with van der Waals surface area (Å²) in [4.78, 5) is 4.36. The van der Waals surface area contributed by atoms with Gasteiger partial charge in [-0.3, -0.25) is 0 Å². The summed E-state index contributed by atoms with van der Waals surface area (Å²) < 4.78 is 28.8. The average Bonchev–Trinajstić information content (AvgIpc) is 2.36. The molecule has 1 aliphatic carbocycles. The van der Waals surface area contributed by atoms with Gasteiger partial charge < -0.3 is 5.32 Å². The molecule has 5 nitrogen and oxygen atoms in total. The molecule has 7 heteroatoms. The predicted molar refractivity (Wildman–Crippen MR) is 83.3 cm³/mol. The van der Waals surface area contributed by atoms with E-state index in [1.54, 1.807) is 12.3 Å². The highest BCUT2D eigenvalue weighted by atomic mass is 79.9. The number of hydrogen-bond donors (Lipinski definition) is 2. The zero-order valence-corrected chi connectivity index (χ0v) is 14.1. The van der Waals surface area contributed by atoms with Crippen molar-refractivity contribution in [3.63, 3.8) is 0 Å². The fraction of sp³-hybridized carbons (Fsp3) is 0.615. The second kappa shape index (κ2) is 5.99. The monoisotopic (exact) mass is 361 g/mol. The standard InChI is InChI=1S/C13H20BrN3O2S/c1-3-13(6-5-7-13)17-20(18,19)11-8-10(14)9-16-12(11)15-4-2/h8-9,17H,3-7H2,1-2H3,(H,15,16). The number of hydrogen-bond acceptors (Lipinski definition) is 4. The second-order valence-corrected chi connectivity index (χ2v) is 7.69. The van der Waals surface area contributed by atoms with E-state index < -0.39 is 10.0 Å². The lowest BCUT2D eigenvalue weighted by atomic mass is 9.76. The summed E-state index contributed by atoms with van der Waals surface area (Å²) >= 11 is 3.29. The molecule has 0 aliphatic heterocycles. The Bertz CT molecular complexity index is 580. The van der Waals surface area contributed by atoms with E-state index >= 15 is 0 Å². The lowest BCUT2D eigenvalue weighted by Gasteiger charge is -2.41. The second-order valence-electron chi connectivity index (χ2n) is 5.12. The molecule has 20 heavy (non-hydrogen) atoms. The first-order valence-corrected chi connectivity index (χ1v) is 9.13. The van der Waals surface area contributed by atoms with Gasteiger partial charge in [-0.1, -0.05) is 6.92 Å². The molecule has 1 fully saturated rings. The zero-order chi connectivity index (χ0) is 14.8. The third-order valence-electron chi connectivity index (χ3n) is 3.79. The Kier molecular flexibility index (Phi) is 4.71. The first-order valence-electron chi connectivity index (χ1n) is 6.86. The normalized spacial score (nSPS) is 17.6. The van der Waals surface area contributed by atoms with Crippen molar-refractivity contribution in [2.75, 3.05) is 11.9 Å². The van der Waals surface area contributed by atoms with E-state index in [1.807, 2.05) is 13.8 Å². The van der Waals surface area contributed by atoms with Crippen LogP contribution >= 0.6 is 15.9 Å².